The lowest BCUT2D eigenvalue weighted by Gasteiger charge is -2.30. The van der Waals surface area contributed by atoms with Crippen molar-refractivity contribution in [1.29, 1.82) is 0 Å². The van der Waals surface area contributed by atoms with Gasteiger partial charge in [0, 0.05) is 36.7 Å². The van der Waals surface area contributed by atoms with E-state index in [1.165, 1.54) is 18.4 Å². The van der Waals surface area contributed by atoms with Gasteiger partial charge in [-0.1, -0.05) is 15.9 Å². The van der Waals surface area contributed by atoms with E-state index in [9.17, 15) is 13.6 Å². The number of aromatic nitrogens is 2. The molecule has 0 radical (unpaired) electrons. The van der Waals surface area contributed by atoms with Crippen molar-refractivity contribution in [1.82, 2.24) is 15.3 Å². The number of nitrogens with one attached hydrogen (secondary N) is 3. The summed E-state index contributed by atoms with van der Waals surface area (Å²) in [6.07, 6.45) is 8.16. The fraction of sp³-hybridized carbons (Fsp3) is 0.542. The molecule has 0 atom stereocenters. The van der Waals surface area contributed by atoms with E-state index in [1.54, 1.807) is 0 Å². The second-order valence-corrected chi connectivity index (χ2v) is 10.3. The van der Waals surface area contributed by atoms with Gasteiger partial charge in [-0.15, -0.1) is 0 Å². The molecule has 4 rings (SSSR count). The summed E-state index contributed by atoms with van der Waals surface area (Å²) in [7, 11) is 4.05. The van der Waals surface area contributed by atoms with Gasteiger partial charge in [0.15, 0.2) is 11.6 Å². The number of hydrogen-bond acceptors (Lipinski definition) is 5. The maximum absolute atomic E-state index is 13.9. The van der Waals surface area contributed by atoms with Crippen molar-refractivity contribution in [2.75, 3.05) is 36.2 Å². The van der Waals surface area contributed by atoms with Crippen LogP contribution in [0.5, 0.6) is 0 Å². The van der Waals surface area contributed by atoms with Gasteiger partial charge in [-0.05, 0) is 69.4 Å². The Morgan fingerprint density at radius 1 is 1.09 bits per heavy atom. The number of benzene rings is 1. The number of nitrogens with zero attached hydrogens (tertiary/aromatic N) is 3. The summed E-state index contributed by atoms with van der Waals surface area (Å²) in [5.74, 6) is 0.370. The monoisotopic (exact) mass is 536 g/mol. The number of fused-ring (bicyclic) bond motifs is 1. The number of carbonyl (C=O) groups is 1. The Kier molecular flexibility index (Phi) is 7.85. The summed E-state index contributed by atoms with van der Waals surface area (Å²) in [6.45, 7) is 0.457. The highest BCUT2D eigenvalue weighted by Gasteiger charge is 2.24. The Bertz CT molecular complexity index is 1020. The Morgan fingerprint density at radius 2 is 1.76 bits per heavy atom. The molecule has 1 aromatic carbocycles. The third-order valence-corrected chi connectivity index (χ3v) is 7.02. The zero-order valence-corrected chi connectivity index (χ0v) is 21.1. The lowest BCUT2D eigenvalue weighted by molar-refractivity contribution is 0.246. The minimum Gasteiger partial charge on any atom is -0.362 e. The maximum atomic E-state index is 13.9. The molecule has 1 heterocycles. The van der Waals surface area contributed by atoms with Gasteiger partial charge in [0.2, 0.25) is 5.95 Å². The van der Waals surface area contributed by atoms with Crippen LogP contribution in [0.3, 0.4) is 0 Å². The van der Waals surface area contributed by atoms with Crippen molar-refractivity contribution in [2.24, 2.45) is 5.92 Å². The van der Waals surface area contributed by atoms with Gasteiger partial charge in [-0.25, -0.2) is 18.6 Å². The first-order valence-electron chi connectivity index (χ1n) is 11.8. The van der Waals surface area contributed by atoms with Crippen molar-refractivity contribution in [3.63, 3.8) is 0 Å². The minimum atomic E-state index is -0.824. The van der Waals surface area contributed by atoms with E-state index in [0.29, 0.717) is 18.4 Å². The largest absolute Gasteiger partial charge is 0.362 e. The molecule has 1 aromatic heterocycles. The highest BCUT2D eigenvalue weighted by Crippen LogP contribution is 2.30. The molecule has 0 spiro atoms. The van der Waals surface area contributed by atoms with Gasteiger partial charge in [-0.2, -0.15) is 4.98 Å². The maximum Gasteiger partial charge on any atom is 0.319 e. The van der Waals surface area contributed by atoms with E-state index in [1.807, 2.05) is 14.1 Å². The second kappa shape index (κ2) is 10.8. The second-order valence-electron chi connectivity index (χ2n) is 9.34. The van der Waals surface area contributed by atoms with Gasteiger partial charge < -0.3 is 20.9 Å². The first-order chi connectivity index (χ1) is 16.3. The molecule has 0 unspecified atom stereocenters. The number of urea groups is 1. The van der Waals surface area contributed by atoms with E-state index >= 15 is 0 Å². The first-order valence-corrected chi connectivity index (χ1v) is 12.6. The van der Waals surface area contributed by atoms with Crippen LogP contribution < -0.4 is 20.9 Å². The predicted octanol–water partition coefficient (Wildman–Crippen LogP) is 5.25. The highest BCUT2D eigenvalue weighted by molar-refractivity contribution is 9.10. The Morgan fingerprint density at radius 3 is 2.44 bits per heavy atom. The fourth-order valence-electron chi connectivity index (χ4n) is 4.76. The van der Waals surface area contributed by atoms with Crippen LogP contribution in [0.15, 0.2) is 16.6 Å². The first kappa shape index (κ1) is 24.6. The molecule has 10 heteroatoms. The van der Waals surface area contributed by atoms with E-state index < -0.39 is 23.4 Å². The number of carbonyl (C=O) groups excluding carboxylic acids is 1. The van der Waals surface area contributed by atoms with Crippen molar-refractivity contribution >= 4 is 39.4 Å². The zero-order chi connectivity index (χ0) is 24.2. The van der Waals surface area contributed by atoms with E-state index in [2.05, 4.69) is 36.8 Å². The molecule has 184 valence electrons. The SMILES string of the molecule is CN(C)c1nc(N[C@H]2CC[C@@H](CNC(=O)Nc3c(F)cc(Br)cc3F)CC2)nc2c1CCCC2. The average Bonchev–Trinajstić information content (AvgIpc) is 2.80. The Hall–Kier alpha value is -2.49. The van der Waals surface area contributed by atoms with Crippen molar-refractivity contribution in [2.45, 2.75) is 57.4 Å². The van der Waals surface area contributed by atoms with Crippen molar-refractivity contribution in [3.8, 4) is 0 Å². The summed E-state index contributed by atoms with van der Waals surface area (Å²) in [6, 6.07) is 1.90. The molecular weight excluding hydrogens is 506 g/mol. The molecule has 2 aliphatic carbocycles. The van der Waals surface area contributed by atoms with Crippen LogP contribution in [0.2, 0.25) is 0 Å². The van der Waals surface area contributed by atoms with Crippen LogP contribution in [0.4, 0.5) is 31.0 Å². The number of amides is 2. The molecular formula is C24H31BrF2N6O. The third-order valence-electron chi connectivity index (χ3n) is 6.56. The molecule has 7 nitrogen and oxygen atoms in total. The van der Waals surface area contributed by atoms with E-state index in [4.69, 9.17) is 9.97 Å². The lowest BCUT2D eigenvalue weighted by Crippen LogP contribution is -2.36. The van der Waals surface area contributed by atoms with Gasteiger partial charge in [-0.3, -0.25) is 0 Å². The molecule has 0 saturated heterocycles. The summed E-state index contributed by atoms with van der Waals surface area (Å²) in [4.78, 5) is 23.8. The molecule has 2 aromatic rings. The molecule has 0 bridgehead atoms. The van der Waals surface area contributed by atoms with Crippen LogP contribution in [-0.2, 0) is 12.8 Å². The standard InChI is InChI=1S/C24H31BrF2N6O/c1-33(2)22-17-5-3-4-6-20(17)30-23(32-22)29-16-9-7-14(8-10-16)13-28-24(34)31-21-18(26)11-15(25)12-19(21)27/h11-12,14,16H,3-10,13H2,1-2H3,(H2,28,31,34)(H,29,30,32)/t14-,16+. The van der Waals surface area contributed by atoms with E-state index in [0.717, 1.165) is 62.2 Å². The fourth-order valence-corrected chi connectivity index (χ4v) is 5.16. The molecule has 1 saturated carbocycles. The Balaban J connectivity index is 1.26. The average molecular weight is 537 g/mol. The van der Waals surface area contributed by atoms with Gasteiger partial charge in [0.25, 0.3) is 0 Å². The molecule has 3 N–H and O–H groups in total. The number of halogens is 3. The number of aryl methyl sites for hydroxylation is 1. The van der Waals surface area contributed by atoms with Gasteiger partial charge in [0.05, 0.1) is 5.69 Å². The number of rotatable bonds is 6. The predicted molar refractivity (Wildman–Crippen MR) is 133 cm³/mol. The summed E-state index contributed by atoms with van der Waals surface area (Å²) in [5.41, 5.74) is 1.99. The molecule has 2 amide bonds. The minimum absolute atomic E-state index is 0.276. The summed E-state index contributed by atoms with van der Waals surface area (Å²) >= 11 is 3.02. The molecule has 34 heavy (non-hydrogen) atoms. The lowest BCUT2D eigenvalue weighted by atomic mass is 9.86. The summed E-state index contributed by atoms with van der Waals surface area (Å²) in [5, 5.41) is 8.54. The van der Waals surface area contributed by atoms with Gasteiger partial charge >= 0.3 is 6.03 Å². The highest BCUT2D eigenvalue weighted by atomic mass is 79.9. The number of anilines is 3. The topological polar surface area (TPSA) is 82.2 Å². The summed E-state index contributed by atoms with van der Waals surface area (Å²) < 4.78 is 28.1. The molecule has 1 fully saturated rings. The van der Waals surface area contributed by atoms with Crippen LogP contribution in [0, 0.1) is 17.6 Å². The van der Waals surface area contributed by atoms with Crippen LogP contribution >= 0.6 is 15.9 Å². The molecule has 2 aliphatic rings. The Labute approximate surface area is 207 Å². The van der Waals surface area contributed by atoms with Crippen LogP contribution in [0.25, 0.3) is 0 Å². The normalized spacial score (nSPS) is 19.8. The molecule has 0 aliphatic heterocycles. The van der Waals surface area contributed by atoms with Crippen molar-refractivity contribution < 1.29 is 13.6 Å². The van der Waals surface area contributed by atoms with Crippen LogP contribution in [-0.4, -0.2) is 42.7 Å². The smallest absolute Gasteiger partial charge is 0.319 e. The van der Waals surface area contributed by atoms with Crippen LogP contribution in [0.1, 0.15) is 49.8 Å². The van der Waals surface area contributed by atoms with E-state index in [-0.39, 0.29) is 10.5 Å². The van der Waals surface area contributed by atoms with Gasteiger partial charge in [0.1, 0.15) is 11.5 Å². The zero-order valence-electron chi connectivity index (χ0n) is 19.6. The number of hydrogen-bond donors (Lipinski definition) is 3. The van der Waals surface area contributed by atoms with Crippen molar-refractivity contribution in [3.05, 3.63) is 39.5 Å². The third kappa shape index (κ3) is 5.95. The quantitative estimate of drug-likeness (QED) is 0.469.